The Kier molecular flexibility index (Phi) is 2.59. The molecule has 0 saturated heterocycles. The first-order valence-corrected chi connectivity index (χ1v) is 3.44. The maximum Gasteiger partial charge on any atom is 0.145 e. The topological polar surface area (TPSA) is 51.8 Å². The minimum atomic E-state index is -0.490. The van der Waals surface area contributed by atoms with Gasteiger partial charge in [0, 0.05) is 6.42 Å². The first-order chi connectivity index (χ1) is 5.25. The highest BCUT2D eigenvalue weighted by Crippen LogP contribution is 2.18. The summed E-state index contributed by atoms with van der Waals surface area (Å²) in [4.78, 5) is 7.40. The van der Waals surface area contributed by atoms with Crippen molar-refractivity contribution in [1.29, 1.82) is 0 Å². The number of rotatable bonds is 2. The lowest BCUT2D eigenvalue weighted by molar-refractivity contribution is 0.492. The van der Waals surface area contributed by atoms with Crippen molar-refractivity contribution in [3.8, 4) is 0 Å². The zero-order valence-corrected chi connectivity index (χ0v) is 6.48. The van der Waals surface area contributed by atoms with Gasteiger partial charge in [0.15, 0.2) is 0 Å². The highest BCUT2D eigenvalue weighted by atomic mass is 35.5. The molecule has 0 atom stereocenters. The van der Waals surface area contributed by atoms with Crippen LogP contribution in [0, 0.1) is 0 Å². The Hall–Kier alpha value is -0.900. The number of alkyl halides is 1. The molecule has 0 amide bonds. The third-order valence-electron chi connectivity index (χ3n) is 1.22. The van der Waals surface area contributed by atoms with Crippen molar-refractivity contribution in [2.45, 2.75) is 6.42 Å². The van der Waals surface area contributed by atoms with E-state index in [1.54, 1.807) is 0 Å². The molecule has 60 valence electrons. The van der Waals surface area contributed by atoms with Crippen LogP contribution in [-0.4, -0.2) is 16.6 Å². The summed E-state index contributed by atoms with van der Waals surface area (Å²) in [6.45, 7) is -0.490. The fourth-order valence-corrected chi connectivity index (χ4v) is 0.878. The second-order valence-corrected chi connectivity index (χ2v) is 2.34. The van der Waals surface area contributed by atoms with Crippen LogP contribution in [0.25, 0.3) is 0 Å². The molecule has 1 rings (SSSR count). The van der Waals surface area contributed by atoms with Crippen LogP contribution >= 0.6 is 11.6 Å². The van der Waals surface area contributed by atoms with Crippen molar-refractivity contribution < 1.29 is 4.39 Å². The number of hydrogen-bond acceptors (Lipinski definition) is 3. The average molecular weight is 176 g/mol. The minimum Gasteiger partial charge on any atom is -0.382 e. The zero-order chi connectivity index (χ0) is 8.27. The summed E-state index contributed by atoms with van der Waals surface area (Å²) in [5.41, 5.74) is 5.81. The highest BCUT2D eigenvalue weighted by molar-refractivity contribution is 6.33. The van der Waals surface area contributed by atoms with E-state index in [4.69, 9.17) is 17.3 Å². The van der Waals surface area contributed by atoms with E-state index in [1.165, 1.54) is 6.33 Å². The number of aryl methyl sites for hydroxylation is 1. The molecule has 0 spiro atoms. The lowest BCUT2D eigenvalue weighted by atomic mass is 10.3. The van der Waals surface area contributed by atoms with Gasteiger partial charge in [0.25, 0.3) is 0 Å². The quantitative estimate of drug-likeness (QED) is 0.736. The van der Waals surface area contributed by atoms with E-state index in [1.807, 2.05) is 0 Å². The number of anilines is 1. The molecule has 1 heterocycles. The third kappa shape index (κ3) is 1.77. The van der Waals surface area contributed by atoms with Crippen molar-refractivity contribution in [1.82, 2.24) is 9.97 Å². The van der Waals surface area contributed by atoms with Crippen LogP contribution in [0.4, 0.5) is 10.2 Å². The summed E-state index contributed by atoms with van der Waals surface area (Å²) in [5.74, 6) is 0.199. The van der Waals surface area contributed by atoms with Crippen LogP contribution in [0.3, 0.4) is 0 Å². The molecule has 0 fully saturated rings. The Bertz CT molecular complexity index is 254. The summed E-state index contributed by atoms with van der Waals surface area (Å²) in [5, 5.41) is 0.255. The summed E-state index contributed by atoms with van der Waals surface area (Å²) >= 11 is 5.66. The van der Waals surface area contributed by atoms with Gasteiger partial charge in [-0.3, -0.25) is 4.39 Å². The Balaban J connectivity index is 2.96. The van der Waals surface area contributed by atoms with Crippen molar-refractivity contribution in [2.24, 2.45) is 0 Å². The largest absolute Gasteiger partial charge is 0.382 e. The Morgan fingerprint density at radius 1 is 1.55 bits per heavy atom. The van der Waals surface area contributed by atoms with Gasteiger partial charge >= 0.3 is 0 Å². The molecular formula is C6H7ClFN3. The number of nitrogens with two attached hydrogens (primary N) is 1. The summed E-state index contributed by atoms with van der Waals surface area (Å²) in [7, 11) is 0. The van der Waals surface area contributed by atoms with E-state index in [2.05, 4.69) is 9.97 Å². The van der Waals surface area contributed by atoms with E-state index in [-0.39, 0.29) is 17.3 Å². The molecule has 11 heavy (non-hydrogen) atoms. The van der Waals surface area contributed by atoms with Crippen LogP contribution in [0.5, 0.6) is 0 Å². The van der Waals surface area contributed by atoms with Crippen molar-refractivity contribution in [2.75, 3.05) is 12.4 Å². The van der Waals surface area contributed by atoms with Gasteiger partial charge in [-0.25, -0.2) is 9.97 Å². The van der Waals surface area contributed by atoms with Crippen LogP contribution in [0.1, 0.15) is 5.69 Å². The second kappa shape index (κ2) is 3.48. The van der Waals surface area contributed by atoms with E-state index in [0.717, 1.165) is 0 Å². The summed E-state index contributed by atoms with van der Waals surface area (Å²) < 4.78 is 11.8. The minimum absolute atomic E-state index is 0.186. The van der Waals surface area contributed by atoms with Gasteiger partial charge in [-0.1, -0.05) is 11.6 Å². The second-order valence-electron chi connectivity index (χ2n) is 1.96. The van der Waals surface area contributed by atoms with E-state index < -0.39 is 6.67 Å². The van der Waals surface area contributed by atoms with Gasteiger partial charge in [0.2, 0.25) is 0 Å². The van der Waals surface area contributed by atoms with Crippen molar-refractivity contribution in [3.63, 3.8) is 0 Å². The number of nitrogens with zero attached hydrogens (tertiary/aromatic N) is 2. The van der Waals surface area contributed by atoms with Crippen LogP contribution in [-0.2, 0) is 6.42 Å². The molecule has 5 heteroatoms. The monoisotopic (exact) mass is 175 g/mol. The fourth-order valence-electron chi connectivity index (χ4n) is 0.686. The zero-order valence-electron chi connectivity index (χ0n) is 5.72. The van der Waals surface area contributed by atoms with Gasteiger partial charge in [-0.05, 0) is 0 Å². The Labute approximate surface area is 68.4 Å². The first kappa shape index (κ1) is 8.20. The van der Waals surface area contributed by atoms with Gasteiger partial charge < -0.3 is 5.73 Å². The maximum atomic E-state index is 11.8. The van der Waals surface area contributed by atoms with Gasteiger partial charge in [-0.15, -0.1) is 0 Å². The molecular weight excluding hydrogens is 169 g/mol. The van der Waals surface area contributed by atoms with E-state index in [9.17, 15) is 4.39 Å². The molecule has 1 aromatic rings. The first-order valence-electron chi connectivity index (χ1n) is 3.06. The van der Waals surface area contributed by atoms with E-state index in [0.29, 0.717) is 5.69 Å². The van der Waals surface area contributed by atoms with Gasteiger partial charge in [0.05, 0.1) is 12.4 Å². The molecule has 0 radical (unpaired) electrons. The van der Waals surface area contributed by atoms with Crippen LogP contribution in [0.15, 0.2) is 6.33 Å². The van der Waals surface area contributed by atoms with E-state index >= 15 is 0 Å². The lowest BCUT2D eigenvalue weighted by Crippen LogP contribution is -1.99. The highest BCUT2D eigenvalue weighted by Gasteiger charge is 2.04. The SMILES string of the molecule is Nc1ncnc(CCF)c1Cl. The predicted molar refractivity (Wildman–Crippen MR) is 41.1 cm³/mol. The molecule has 3 nitrogen and oxygen atoms in total. The Morgan fingerprint density at radius 3 is 2.91 bits per heavy atom. The smallest absolute Gasteiger partial charge is 0.145 e. The number of aromatic nitrogens is 2. The molecule has 1 aromatic heterocycles. The third-order valence-corrected chi connectivity index (χ3v) is 1.63. The number of nitrogen functional groups attached to an aromatic ring is 1. The van der Waals surface area contributed by atoms with Crippen molar-refractivity contribution in [3.05, 3.63) is 17.0 Å². The standard InChI is InChI=1S/C6H7ClFN3/c7-5-4(1-2-8)10-3-11-6(5)9/h3H,1-2H2,(H2,9,10,11). The maximum absolute atomic E-state index is 11.8. The predicted octanol–water partition coefficient (Wildman–Crippen LogP) is 1.22. The molecule has 0 unspecified atom stereocenters. The van der Waals surface area contributed by atoms with Crippen LogP contribution in [0.2, 0.25) is 5.02 Å². The lowest BCUT2D eigenvalue weighted by Gasteiger charge is -2.00. The van der Waals surface area contributed by atoms with Gasteiger partial charge in [0.1, 0.15) is 17.2 Å². The molecule has 0 aliphatic heterocycles. The molecule has 0 aliphatic rings. The average Bonchev–Trinajstić information content (AvgIpc) is 1.99. The van der Waals surface area contributed by atoms with Crippen LogP contribution < -0.4 is 5.73 Å². The van der Waals surface area contributed by atoms with Crippen molar-refractivity contribution >= 4 is 17.4 Å². The summed E-state index contributed by atoms with van der Waals surface area (Å²) in [6, 6.07) is 0. The summed E-state index contributed by atoms with van der Waals surface area (Å²) in [6.07, 6.45) is 1.46. The number of hydrogen-bond donors (Lipinski definition) is 1. The normalized spacial score (nSPS) is 10.0. The molecule has 0 aliphatic carbocycles. The molecule has 0 bridgehead atoms. The molecule has 0 saturated carbocycles. The fraction of sp³-hybridized carbons (Fsp3) is 0.333. The van der Waals surface area contributed by atoms with Gasteiger partial charge in [-0.2, -0.15) is 0 Å². The Morgan fingerprint density at radius 2 is 2.27 bits per heavy atom. The molecule has 2 N–H and O–H groups in total. The number of halogens is 2. The molecule has 0 aromatic carbocycles.